The molecule has 0 atom stereocenters. The first kappa shape index (κ1) is 13.2. The van der Waals surface area contributed by atoms with Crippen LogP contribution in [0.25, 0.3) is 10.8 Å². The highest BCUT2D eigenvalue weighted by molar-refractivity contribution is 7.07. The normalized spacial score (nSPS) is 13.6. The Morgan fingerprint density at radius 1 is 1.09 bits per heavy atom. The minimum atomic E-state index is -0.0975. The van der Waals surface area contributed by atoms with Crippen LogP contribution in [-0.2, 0) is 6.54 Å². The highest BCUT2D eigenvalue weighted by Gasteiger charge is 2.25. The van der Waals surface area contributed by atoms with Crippen LogP contribution in [0.5, 0.6) is 0 Å². The van der Waals surface area contributed by atoms with Gasteiger partial charge in [-0.25, -0.2) is 4.98 Å². The second kappa shape index (κ2) is 5.03. The van der Waals surface area contributed by atoms with Gasteiger partial charge in [0.25, 0.3) is 0 Å². The summed E-state index contributed by atoms with van der Waals surface area (Å²) in [4.78, 5) is 28.4. The first-order chi connectivity index (χ1) is 10.7. The Bertz CT molecular complexity index is 880. The summed E-state index contributed by atoms with van der Waals surface area (Å²) in [6.07, 6.45) is -0.0300. The van der Waals surface area contributed by atoms with Gasteiger partial charge in [0, 0.05) is 33.0 Å². The molecule has 1 aliphatic carbocycles. The van der Waals surface area contributed by atoms with Gasteiger partial charge in [-0.1, -0.05) is 18.2 Å². The Labute approximate surface area is 130 Å². The summed E-state index contributed by atoms with van der Waals surface area (Å²) >= 11 is 1.56. The monoisotopic (exact) mass is 308 g/mol. The van der Waals surface area contributed by atoms with Crippen LogP contribution >= 0.6 is 11.3 Å². The highest BCUT2D eigenvalue weighted by atomic mass is 32.1. The van der Waals surface area contributed by atoms with Gasteiger partial charge in [-0.05, 0) is 12.1 Å². The second-order valence-corrected chi connectivity index (χ2v) is 5.96. The highest BCUT2D eigenvalue weighted by Crippen LogP contribution is 2.34. The molecule has 0 unspecified atom stereocenters. The Kier molecular flexibility index (Phi) is 3.01. The van der Waals surface area contributed by atoms with Crippen LogP contribution in [0.3, 0.4) is 0 Å². The number of hydrogen-bond donors (Lipinski definition) is 1. The van der Waals surface area contributed by atoms with E-state index < -0.39 is 0 Å². The number of Topliss-reactive ketones (excluding diaryl/α,β-unsaturated/α-hetero) is 2. The molecule has 22 heavy (non-hydrogen) atoms. The van der Waals surface area contributed by atoms with Gasteiger partial charge in [0.1, 0.15) is 0 Å². The van der Waals surface area contributed by atoms with Crippen LogP contribution in [0.2, 0.25) is 0 Å². The maximum Gasteiger partial charge on any atom is 0.171 e. The number of ketones is 2. The Morgan fingerprint density at radius 2 is 1.91 bits per heavy atom. The van der Waals surface area contributed by atoms with Gasteiger partial charge in [-0.15, -0.1) is 11.3 Å². The van der Waals surface area contributed by atoms with Gasteiger partial charge in [0.05, 0.1) is 24.2 Å². The fraction of sp³-hybridized carbons (Fsp3) is 0.118. The average molecular weight is 308 g/mol. The van der Waals surface area contributed by atoms with E-state index in [4.69, 9.17) is 0 Å². The zero-order valence-electron chi connectivity index (χ0n) is 11.6. The molecule has 0 bridgehead atoms. The molecule has 1 heterocycles. The molecule has 3 aromatic rings. The third-order valence-corrected chi connectivity index (χ3v) is 4.54. The molecule has 108 valence electrons. The van der Waals surface area contributed by atoms with Crippen molar-refractivity contribution < 1.29 is 9.59 Å². The van der Waals surface area contributed by atoms with Gasteiger partial charge in [-0.3, -0.25) is 9.59 Å². The van der Waals surface area contributed by atoms with Crippen LogP contribution in [-0.4, -0.2) is 16.6 Å². The van der Waals surface area contributed by atoms with Crippen molar-refractivity contribution in [3.8, 4) is 0 Å². The number of carbonyl (C=O) groups is 2. The van der Waals surface area contributed by atoms with Crippen molar-refractivity contribution in [3.05, 3.63) is 58.0 Å². The Hall–Kier alpha value is -2.53. The van der Waals surface area contributed by atoms with Crippen molar-refractivity contribution in [2.75, 3.05) is 5.32 Å². The maximum absolute atomic E-state index is 12.1. The van der Waals surface area contributed by atoms with E-state index in [0.29, 0.717) is 17.7 Å². The molecule has 4 rings (SSSR count). The molecular weight excluding hydrogens is 296 g/mol. The van der Waals surface area contributed by atoms with Gasteiger partial charge in [0.15, 0.2) is 11.6 Å². The smallest absolute Gasteiger partial charge is 0.171 e. The van der Waals surface area contributed by atoms with Gasteiger partial charge in [-0.2, -0.15) is 0 Å². The largest absolute Gasteiger partial charge is 0.379 e. The second-order valence-electron chi connectivity index (χ2n) is 5.25. The summed E-state index contributed by atoms with van der Waals surface area (Å²) in [7, 11) is 0. The fourth-order valence-corrected chi connectivity index (χ4v) is 3.43. The number of carbonyl (C=O) groups excluding carboxylic acids is 2. The zero-order chi connectivity index (χ0) is 15.1. The molecule has 0 saturated carbocycles. The molecule has 2 aromatic carbocycles. The fourth-order valence-electron chi connectivity index (χ4n) is 2.87. The number of hydrogen-bond acceptors (Lipinski definition) is 5. The zero-order valence-corrected chi connectivity index (χ0v) is 12.4. The van der Waals surface area contributed by atoms with E-state index in [0.717, 1.165) is 22.2 Å². The average Bonchev–Trinajstić information content (AvgIpc) is 3.04. The molecule has 0 radical (unpaired) electrons. The van der Waals surface area contributed by atoms with E-state index in [1.807, 2.05) is 29.6 Å². The first-order valence-electron chi connectivity index (χ1n) is 6.97. The van der Waals surface area contributed by atoms with E-state index in [1.165, 1.54) is 0 Å². The topological polar surface area (TPSA) is 59.1 Å². The lowest BCUT2D eigenvalue weighted by Crippen LogP contribution is -2.16. The number of thiazole rings is 1. The predicted molar refractivity (Wildman–Crippen MR) is 86.7 cm³/mol. The van der Waals surface area contributed by atoms with Crippen molar-refractivity contribution in [1.29, 1.82) is 0 Å². The van der Waals surface area contributed by atoms with Gasteiger partial charge < -0.3 is 5.32 Å². The predicted octanol–water partition coefficient (Wildman–Crippen LogP) is 3.68. The lowest BCUT2D eigenvalue weighted by atomic mass is 9.86. The summed E-state index contributed by atoms with van der Waals surface area (Å²) in [5, 5.41) is 7.01. The summed E-state index contributed by atoms with van der Waals surface area (Å²) in [6.45, 7) is 0.615. The number of benzene rings is 2. The maximum atomic E-state index is 12.1. The lowest BCUT2D eigenvalue weighted by molar-refractivity contribution is 0.0890. The molecule has 0 spiro atoms. The Morgan fingerprint density at radius 3 is 2.68 bits per heavy atom. The number of rotatable bonds is 3. The SMILES string of the molecule is O=C1CC(=O)c2ccc(NCc3cscn3)c3cccc1c23. The minimum absolute atomic E-state index is 0.0300. The van der Waals surface area contributed by atoms with Gasteiger partial charge >= 0.3 is 0 Å². The first-order valence-corrected chi connectivity index (χ1v) is 7.91. The summed E-state index contributed by atoms with van der Waals surface area (Å²) in [5.74, 6) is -0.195. The molecule has 0 saturated heterocycles. The van der Waals surface area contributed by atoms with Crippen molar-refractivity contribution in [3.63, 3.8) is 0 Å². The number of nitrogens with zero attached hydrogens (tertiary/aromatic N) is 1. The van der Waals surface area contributed by atoms with Crippen molar-refractivity contribution in [2.24, 2.45) is 0 Å². The van der Waals surface area contributed by atoms with Crippen LogP contribution in [0.15, 0.2) is 41.2 Å². The molecule has 0 aliphatic heterocycles. The quantitative estimate of drug-likeness (QED) is 0.750. The third-order valence-electron chi connectivity index (χ3n) is 3.91. The van der Waals surface area contributed by atoms with Crippen molar-refractivity contribution in [2.45, 2.75) is 13.0 Å². The molecule has 1 N–H and O–H groups in total. The molecule has 0 fully saturated rings. The van der Waals surface area contributed by atoms with Crippen LogP contribution in [0, 0.1) is 0 Å². The van der Waals surface area contributed by atoms with Crippen LogP contribution < -0.4 is 5.32 Å². The number of aromatic nitrogens is 1. The summed E-state index contributed by atoms with van der Waals surface area (Å²) in [6, 6.07) is 9.32. The number of nitrogens with one attached hydrogen (secondary N) is 1. The standard InChI is InChI=1S/C17H12N2O2S/c20-15-6-16(21)13-4-5-14(18-7-10-8-22-9-19-10)11-2-1-3-12(15)17(11)13/h1-5,8-9,18H,6-7H2. The molecule has 0 amide bonds. The molecule has 1 aromatic heterocycles. The minimum Gasteiger partial charge on any atom is -0.379 e. The molecular formula is C17H12N2O2S. The summed E-state index contributed by atoms with van der Waals surface area (Å²) in [5.41, 5.74) is 4.97. The van der Waals surface area contributed by atoms with E-state index in [9.17, 15) is 9.59 Å². The van der Waals surface area contributed by atoms with E-state index in [1.54, 1.807) is 22.9 Å². The lowest BCUT2D eigenvalue weighted by Gasteiger charge is -2.18. The Balaban J connectivity index is 1.83. The molecule has 1 aliphatic rings. The van der Waals surface area contributed by atoms with E-state index in [2.05, 4.69) is 10.3 Å². The third kappa shape index (κ3) is 2.02. The van der Waals surface area contributed by atoms with E-state index in [-0.39, 0.29) is 18.0 Å². The van der Waals surface area contributed by atoms with E-state index >= 15 is 0 Å². The van der Waals surface area contributed by atoms with Crippen LogP contribution in [0.1, 0.15) is 32.8 Å². The number of anilines is 1. The van der Waals surface area contributed by atoms with Gasteiger partial charge in [0.2, 0.25) is 0 Å². The summed E-state index contributed by atoms with van der Waals surface area (Å²) < 4.78 is 0. The van der Waals surface area contributed by atoms with Crippen molar-refractivity contribution >= 4 is 39.4 Å². The van der Waals surface area contributed by atoms with Crippen LogP contribution in [0.4, 0.5) is 5.69 Å². The molecule has 5 heteroatoms. The molecule has 4 nitrogen and oxygen atoms in total. The van der Waals surface area contributed by atoms with Crippen molar-refractivity contribution in [1.82, 2.24) is 4.98 Å².